The van der Waals surface area contributed by atoms with Crippen LogP contribution in [-0.2, 0) is 11.3 Å². The standard InChI is InChI=1S/C27H26N8O2/c1-3-18-6-4-7-19(12-18)23-13-24(31-27(28)30-23)25-16-35(33-32-25)15-21-8-5-9-22(29-21)17(2)34-11-10-20(14-34)26(36)37/h1,4-9,12-13,16-17,20H,10-11,14-15H2,2H3,(H,36,37)(H2,28,30,31)/t17-,20-/m0/s1. The van der Waals surface area contributed by atoms with E-state index in [1.807, 2.05) is 42.5 Å². The molecule has 1 aliphatic rings. The van der Waals surface area contributed by atoms with Gasteiger partial charge in [0.05, 0.1) is 41.4 Å². The summed E-state index contributed by atoms with van der Waals surface area (Å²) in [6, 6.07) is 15.2. The van der Waals surface area contributed by atoms with E-state index in [0.29, 0.717) is 36.6 Å². The summed E-state index contributed by atoms with van der Waals surface area (Å²) in [5.41, 5.74) is 11.0. The van der Waals surface area contributed by atoms with Crippen molar-refractivity contribution >= 4 is 11.9 Å². The molecule has 10 nitrogen and oxygen atoms in total. The molecule has 3 N–H and O–H groups in total. The van der Waals surface area contributed by atoms with Crippen molar-refractivity contribution in [2.45, 2.75) is 25.9 Å². The van der Waals surface area contributed by atoms with Crippen LogP contribution in [0.25, 0.3) is 22.6 Å². The van der Waals surface area contributed by atoms with Crippen molar-refractivity contribution < 1.29 is 9.90 Å². The molecular weight excluding hydrogens is 468 g/mol. The van der Waals surface area contributed by atoms with Gasteiger partial charge in [0.2, 0.25) is 5.95 Å². The third-order valence-electron chi connectivity index (χ3n) is 6.57. The van der Waals surface area contributed by atoms with Gasteiger partial charge < -0.3 is 10.8 Å². The van der Waals surface area contributed by atoms with E-state index >= 15 is 0 Å². The number of aromatic nitrogens is 6. The minimum Gasteiger partial charge on any atom is -0.481 e. The number of aliphatic carboxylic acids is 1. The summed E-state index contributed by atoms with van der Waals surface area (Å²) in [5.74, 6) is 1.69. The molecule has 4 heterocycles. The second kappa shape index (κ2) is 10.2. The number of nitrogen functional groups attached to an aromatic ring is 1. The molecule has 3 aromatic heterocycles. The molecule has 0 saturated carbocycles. The Labute approximate surface area is 214 Å². The average Bonchev–Trinajstić information content (AvgIpc) is 3.59. The largest absolute Gasteiger partial charge is 0.481 e. The van der Waals surface area contributed by atoms with Crippen LogP contribution in [0.15, 0.2) is 54.7 Å². The Morgan fingerprint density at radius 2 is 1.97 bits per heavy atom. The molecule has 1 saturated heterocycles. The van der Waals surface area contributed by atoms with Crippen LogP contribution in [-0.4, -0.2) is 59.0 Å². The molecule has 4 aromatic rings. The Morgan fingerprint density at radius 1 is 1.16 bits per heavy atom. The predicted molar refractivity (Wildman–Crippen MR) is 138 cm³/mol. The maximum Gasteiger partial charge on any atom is 0.307 e. The molecule has 1 aliphatic heterocycles. The summed E-state index contributed by atoms with van der Waals surface area (Å²) in [7, 11) is 0. The van der Waals surface area contributed by atoms with Gasteiger partial charge >= 0.3 is 5.97 Å². The number of benzene rings is 1. The highest BCUT2D eigenvalue weighted by molar-refractivity contribution is 5.70. The lowest BCUT2D eigenvalue weighted by Gasteiger charge is -2.23. The van der Waals surface area contributed by atoms with Crippen LogP contribution in [0.5, 0.6) is 0 Å². The molecule has 0 aliphatic carbocycles. The summed E-state index contributed by atoms with van der Waals surface area (Å²) in [6.45, 7) is 3.75. The maximum atomic E-state index is 11.3. The van der Waals surface area contributed by atoms with Crippen molar-refractivity contribution in [1.29, 1.82) is 0 Å². The number of pyridine rings is 1. The molecule has 0 amide bonds. The van der Waals surface area contributed by atoms with Gasteiger partial charge in [0.25, 0.3) is 0 Å². The fraction of sp³-hybridized carbons (Fsp3) is 0.259. The van der Waals surface area contributed by atoms with E-state index < -0.39 is 5.97 Å². The number of hydrogen-bond acceptors (Lipinski definition) is 8. The lowest BCUT2D eigenvalue weighted by Crippen LogP contribution is -2.27. The topological polar surface area (TPSA) is 136 Å². The molecule has 186 valence electrons. The lowest BCUT2D eigenvalue weighted by molar-refractivity contribution is -0.141. The van der Waals surface area contributed by atoms with Crippen molar-refractivity contribution in [1.82, 2.24) is 34.8 Å². The lowest BCUT2D eigenvalue weighted by atomic mass is 10.1. The molecule has 37 heavy (non-hydrogen) atoms. The first-order chi connectivity index (χ1) is 17.9. The first kappa shape index (κ1) is 24.1. The van der Waals surface area contributed by atoms with Crippen molar-refractivity contribution in [2.24, 2.45) is 5.92 Å². The SMILES string of the molecule is C#Cc1cccc(-c2cc(-c3cn(Cc4cccc([C@H](C)N5CC[C@H](C(=O)O)C5)n4)nn3)nc(N)n2)c1. The van der Waals surface area contributed by atoms with Gasteiger partial charge in [-0.15, -0.1) is 11.5 Å². The minimum absolute atomic E-state index is 0.0194. The zero-order valence-corrected chi connectivity index (χ0v) is 20.3. The van der Waals surface area contributed by atoms with Crippen LogP contribution in [0.3, 0.4) is 0 Å². The number of carboxylic acid groups (broad SMARTS) is 1. The summed E-state index contributed by atoms with van der Waals surface area (Å²) in [5, 5.41) is 17.8. The second-order valence-electron chi connectivity index (χ2n) is 9.07. The highest BCUT2D eigenvalue weighted by atomic mass is 16.4. The molecule has 0 bridgehead atoms. The van der Waals surface area contributed by atoms with Gasteiger partial charge in [0.1, 0.15) is 5.69 Å². The minimum atomic E-state index is -0.739. The second-order valence-corrected chi connectivity index (χ2v) is 9.07. The Bertz CT molecular complexity index is 1490. The first-order valence-corrected chi connectivity index (χ1v) is 11.9. The average molecular weight is 495 g/mol. The van der Waals surface area contributed by atoms with Crippen molar-refractivity contribution in [3.8, 4) is 35.0 Å². The maximum absolute atomic E-state index is 11.3. The normalized spacial score (nSPS) is 16.4. The number of carboxylic acids is 1. The van der Waals surface area contributed by atoms with Gasteiger partial charge in [-0.3, -0.25) is 14.7 Å². The Kier molecular flexibility index (Phi) is 6.62. The smallest absolute Gasteiger partial charge is 0.307 e. The fourth-order valence-electron chi connectivity index (χ4n) is 4.52. The van der Waals surface area contributed by atoms with Crippen LogP contribution in [0, 0.1) is 18.3 Å². The van der Waals surface area contributed by atoms with Crippen LogP contribution >= 0.6 is 0 Å². The van der Waals surface area contributed by atoms with Crippen LogP contribution in [0.1, 0.15) is 36.3 Å². The summed E-state index contributed by atoms with van der Waals surface area (Å²) < 4.78 is 1.69. The number of anilines is 1. The summed E-state index contributed by atoms with van der Waals surface area (Å²) in [6.07, 6.45) is 7.98. The number of carbonyl (C=O) groups is 1. The molecule has 1 fully saturated rings. The summed E-state index contributed by atoms with van der Waals surface area (Å²) >= 11 is 0. The van der Waals surface area contributed by atoms with Gasteiger partial charge in [0.15, 0.2) is 0 Å². The Hall–Kier alpha value is -4.62. The van der Waals surface area contributed by atoms with E-state index in [0.717, 1.165) is 29.1 Å². The van der Waals surface area contributed by atoms with Crippen molar-refractivity contribution in [3.05, 3.63) is 71.7 Å². The van der Waals surface area contributed by atoms with Gasteiger partial charge in [-0.25, -0.2) is 14.6 Å². The van der Waals surface area contributed by atoms with Gasteiger partial charge in [0, 0.05) is 23.7 Å². The monoisotopic (exact) mass is 494 g/mol. The predicted octanol–water partition coefficient (Wildman–Crippen LogP) is 2.88. The van der Waals surface area contributed by atoms with Crippen LogP contribution in [0.2, 0.25) is 0 Å². The number of hydrogen-bond donors (Lipinski definition) is 2. The zero-order chi connectivity index (χ0) is 25.9. The molecule has 0 radical (unpaired) electrons. The molecule has 0 spiro atoms. The first-order valence-electron chi connectivity index (χ1n) is 11.9. The van der Waals surface area contributed by atoms with E-state index in [1.54, 1.807) is 16.9 Å². The van der Waals surface area contributed by atoms with E-state index in [1.165, 1.54) is 0 Å². The molecule has 10 heteroatoms. The fourth-order valence-corrected chi connectivity index (χ4v) is 4.52. The molecule has 1 aromatic carbocycles. The third-order valence-corrected chi connectivity index (χ3v) is 6.57. The summed E-state index contributed by atoms with van der Waals surface area (Å²) in [4.78, 5) is 27.0. The quantitative estimate of drug-likeness (QED) is 0.372. The van der Waals surface area contributed by atoms with Crippen molar-refractivity contribution in [3.63, 3.8) is 0 Å². The van der Waals surface area contributed by atoms with Crippen LogP contribution in [0.4, 0.5) is 5.95 Å². The molecule has 2 atom stereocenters. The van der Waals surface area contributed by atoms with Crippen molar-refractivity contribution in [2.75, 3.05) is 18.8 Å². The number of terminal acetylenes is 1. The number of nitrogens with zero attached hydrogens (tertiary/aromatic N) is 7. The molecule has 0 unspecified atom stereocenters. The number of nitrogens with two attached hydrogens (primary N) is 1. The Morgan fingerprint density at radius 3 is 2.76 bits per heavy atom. The van der Waals surface area contributed by atoms with Gasteiger partial charge in [-0.2, -0.15) is 0 Å². The zero-order valence-electron chi connectivity index (χ0n) is 20.3. The molecular formula is C27H26N8O2. The number of likely N-dealkylation sites (tertiary alicyclic amines) is 1. The van der Waals surface area contributed by atoms with Gasteiger partial charge in [-0.1, -0.05) is 29.3 Å². The number of rotatable bonds is 7. The molecule has 5 rings (SSSR count). The van der Waals surface area contributed by atoms with Crippen LogP contribution < -0.4 is 5.73 Å². The highest BCUT2D eigenvalue weighted by Crippen LogP contribution is 2.27. The third kappa shape index (κ3) is 5.32. The Balaban J connectivity index is 1.33. The van der Waals surface area contributed by atoms with Gasteiger partial charge in [-0.05, 0) is 50.2 Å². The van der Waals surface area contributed by atoms with E-state index in [2.05, 4.69) is 38.0 Å². The van der Waals surface area contributed by atoms with E-state index in [9.17, 15) is 9.90 Å². The van der Waals surface area contributed by atoms with E-state index in [4.69, 9.17) is 17.1 Å². The van der Waals surface area contributed by atoms with E-state index in [-0.39, 0.29) is 17.9 Å². The highest BCUT2D eigenvalue weighted by Gasteiger charge is 2.31.